The van der Waals surface area contributed by atoms with Crippen LogP contribution in [0.4, 0.5) is 0 Å². The SMILES string of the molecule is COc1cccc(OC)c1-c1cc(C(=O)NC2(C(=O)O)C3CC4CC(C3)CC2C4)nn1-c1ccc(C(=O)N(C)CCCN(C)C)c2ccccc12.Cl. The molecule has 4 bridgehead atoms. The third-order valence-corrected chi connectivity index (χ3v) is 11.5. The van der Waals surface area contributed by atoms with Crippen LogP contribution in [0.2, 0.25) is 0 Å². The third kappa shape index (κ3) is 6.38. The minimum Gasteiger partial charge on any atom is -0.496 e. The van der Waals surface area contributed by atoms with Gasteiger partial charge in [-0.1, -0.05) is 30.3 Å². The van der Waals surface area contributed by atoms with Crippen molar-refractivity contribution in [2.45, 2.75) is 44.1 Å². The van der Waals surface area contributed by atoms with Gasteiger partial charge in [-0.25, -0.2) is 9.48 Å². The molecule has 0 atom stereocenters. The highest BCUT2D eigenvalue weighted by Crippen LogP contribution is 2.58. The Hall–Kier alpha value is -4.61. The van der Waals surface area contributed by atoms with E-state index in [-0.39, 0.29) is 35.8 Å². The Morgan fingerprint density at radius 1 is 0.865 bits per heavy atom. The molecule has 0 spiro atoms. The lowest BCUT2D eigenvalue weighted by atomic mass is 9.48. The summed E-state index contributed by atoms with van der Waals surface area (Å²) in [7, 11) is 8.99. The fourth-order valence-corrected chi connectivity index (χ4v) is 9.33. The number of ether oxygens (including phenoxy) is 2. The average Bonchev–Trinajstić information content (AvgIpc) is 3.56. The molecule has 276 valence electrons. The maximum absolute atomic E-state index is 14.3. The molecule has 3 aromatic carbocycles. The number of benzene rings is 3. The number of carbonyl (C=O) groups is 3. The van der Waals surface area contributed by atoms with E-state index in [0.717, 1.165) is 55.8 Å². The third-order valence-electron chi connectivity index (χ3n) is 11.5. The van der Waals surface area contributed by atoms with Gasteiger partial charge in [-0.3, -0.25) is 9.59 Å². The van der Waals surface area contributed by atoms with Crippen LogP contribution in [0.15, 0.2) is 60.7 Å². The van der Waals surface area contributed by atoms with Crippen molar-refractivity contribution in [1.82, 2.24) is 24.9 Å². The zero-order valence-electron chi connectivity index (χ0n) is 30.4. The summed E-state index contributed by atoms with van der Waals surface area (Å²) in [6.07, 6.45) is 5.29. The number of aliphatic carboxylic acids is 1. The summed E-state index contributed by atoms with van der Waals surface area (Å²) in [6.45, 7) is 1.49. The Morgan fingerprint density at radius 3 is 2.06 bits per heavy atom. The Bertz CT molecular complexity index is 1940. The van der Waals surface area contributed by atoms with Gasteiger partial charge < -0.3 is 29.7 Å². The van der Waals surface area contributed by atoms with Gasteiger partial charge in [-0.15, -0.1) is 12.4 Å². The maximum Gasteiger partial charge on any atom is 0.330 e. The number of hydrogen-bond donors (Lipinski definition) is 2. The summed E-state index contributed by atoms with van der Waals surface area (Å²) in [5, 5.41) is 20.2. The van der Waals surface area contributed by atoms with Crippen LogP contribution in [-0.4, -0.2) is 96.5 Å². The molecule has 8 rings (SSSR count). The second kappa shape index (κ2) is 14.8. The van der Waals surface area contributed by atoms with E-state index in [1.54, 1.807) is 35.9 Å². The number of hydrogen-bond acceptors (Lipinski definition) is 7. The van der Waals surface area contributed by atoms with Crippen LogP contribution in [0, 0.1) is 23.7 Å². The predicted molar refractivity (Wildman–Crippen MR) is 202 cm³/mol. The van der Waals surface area contributed by atoms with E-state index in [1.165, 1.54) is 0 Å². The molecule has 52 heavy (non-hydrogen) atoms. The Kier molecular flexibility index (Phi) is 10.6. The van der Waals surface area contributed by atoms with Gasteiger partial charge in [0.1, 0.15) is 17.0 Å². The van der Waals surface area contributed by atoms with Crippen LogP contribution >= 0.6 is 12.4 Å². The molecule has 1 heterocycles. The average molecular weight is 730 g/mol. The Labute approximate surface area is 310 Å². The molecule has 4 fully saturated rings. The van der Waals surface area contributed by atoms with Crippen molar-refractivity contribution in [3.05, 3.63) is 71.9 Å². The largest absolute Gasteiger partial charge is 0.496 e. The first-order valence-corrected chi connectivity index (χ1v) is 17.8. The number of nitrogens with one attached hydrogen (secondary N) is 1. The highest BCUT2D eigenvalue weighted by Gasteiger charge is 2.62. The van der Waals surface area contributed by atoms with E-state index < -0.39 is 17.4 Å². The standard InChI is InChI=1S/C40H47N5O6.ClH/c1-43(2)16-9-17-44(3)38(47)30-14-15-32(29-11-7-6-10-28(29)30)45-33(36-34(50-4)12-8-13-35(36)51-5)23-31(42-45)37(46)41-40(39(48)49)26-19-24-18-25(21-26)22-27(40)20-24;/h6-8,10-15,23-27H,9,16-22H2,1-5H3,(H,41,46)(H,48,49);1H. The van der Waals surface area contributed by atoms with Gasteiger partial charge in [-0.2, -0.15) is 5.10 Å². The van der Waals surface area contributed by atoms with E-state index in [9.17, 15) is 19.5 Å². The van der Waals surface area contributed by atoms with Gasteiger partial charge in [0.05, 0.1) is 31.2 Å². The summed E-state index contributed by atoms with van der Waals surface area (Å²) >= 11 is 0. The van der Waals surface area contributed by atoms with Crippen LogP contribution < -0.4 is 14.8 Å². The van der Waals surface area contributed by atoms with E-state index in [1.807, 2.05) is 69.7 Å². The number of carbonyl (C=O) groups excluding carboxylic acids is 2. The topological polar surface area (TPSA) is 126 Å². The number of carboxylic acid groups (broad SMARTS) is 1. The number of aromatic nitrogens is 2. The normalized spacial score (nSPS) is 23.0. The minimum atomic E-state index is -1.33. The van der Waals surface area contributed by atoms with Gasteiger partial charge in [0.2, 0.25) is 0 Å². The van der Waals surface area contributed by atoms with E-state index in [4.69, 9.17) is 14.6 Å². The van der Waals surface area contributed by atoms with Crippen molar-refractivity contribution in [2.75, 3.05) is 48.5 Å². The molecule has 1 aromatic heterocycles. The van der Waals surface area contributed by atoms with Crippen LogP contribution in [0.3, 0.4) is 0 Å². The lowest BCUT2D eigenvalue weighted by molar-refractivity contribution is -0.163. The lowest BCUT2D eigenvalue weighted by Gasteiger charge is -2.59. The summed E-state index contributed by atoms with van der Waals surface area (Å²) in [5.74, 6) is 0.286. The van der Waals surface area contributed by atoms with Gasteiger partial charge in [0.25, 0.3) is 11.8 Å². The minimum absolute atomic E-state index is 0. The van der Waals surface area contributed by atoms with Gasteiger partial charge >= 0.3 is 5.97 Å². The first kappa shape index (κ1) is 37.2. The van der Waals surface area contributed by atoms with Crippen LogP contribution in [0.1, 0.15) is 59.4 Å². The van der Waals surface area contributed by atoms with Crippen LogP contribution in [0.25, 0.3) is 27.7 Å². The van der Waals surface area contributed by atoms with Crippen molar-refractivity contribution >= 4 is 41.0 Å². The molecule has 0 aliphatic heterocycles. The molecule has 4 aliphatic rings. The highest BCUT2D eigenvalue weighted by atomic mass is 35.5. The summed E-state index contributed by atoms with van der Waals surface area (Å²) < 4.78 is 13.3. The van der Waals surface area contributed by atoms with Crippen molar-refractivity contribution in [2.24, 2.45) is 23.7 Å². The Morgan fingerprint density at radius 2 is 1.48 bits per heavy atom. The van der Waals surface area contributed by atoms with Crippen molar-refractivity contribution in [3.63, 3.8) is 0 Å². The number of rotatable bonds is 12. The zero-order chi connectivity index (χ0) is 36.0. The number of fused-ring (bicyclic) bond motifs is 1. The summed E-state index contributed by atoms with van der Waals surface area (Å²) in [6, 6.07) is 18.4. The second-order valence-electron chi connectivity index (χ2n) is 14.9. The monoisotopic (exact) mass is 729 g/mol. The smallest absolute Gasteiger partial charge is 0.330 e. The number of methoxy groups -OCH3 is 2. The maximum atomic E-state index is 14.3. The molecule has 4 aliphatic carbocycles. The van der Waals surface area contributed by atoms with Crippen molar-refractivity contribution in [1.29, 1.82) is 0 Å². The first-order valence-electron chi connectivity index (χ1n) is 17.8. The molecule has 4 aromatic rings. The molecule has 11 nitrogen and oxygen atoms in total. The number of halogens is 1. The van der Waals surface area contributed by atoms with E-state index >= 15 is 0 Å². The molecule has 0 radical (unpaired) electrons. The predicted octanol–water partition coefficient (Wildman–Crippen LogP) is 6.16. The molecule has 4 saturated carbocycles. The highest BCUT2D eigenvalue weighted by molar-refractivity contribution is 6.09. The zero-order valence-corrected chi connectivity index (χ0v) is 31.2. The fraction of sp³-hybridized carbons (Fsp3) is 0.450. The van der Waals surface area contributed by atoms with E-state index in [0.29, 0.717) is 52.4 Å². The molecule has 12 heteroatoms. The molecule has 2 amide bonds. The van der Waals surface area contributed by atoms with Crippen molar-refractivity contribution in [3.8, 4) is 28.4 Å². The second-order valence-corrected chi connectivity index (χ2v) is 14.9. The van der Waals surface area contributed by atoms with Crippen LogP contribution in [0.5, 0.6) is 11.5 Å². The number of nitrogens with zero attached hydrogens (tertiary/aromatic N) is 4. The van der Waals surface area contributed by atoms with Gasteiger partial charge in [0.15, 0.2) is 5.69 Å². The molecule has 2 N–H and O–H groups in total. The summed E-state index contributed by atoms with van der Waals surface area (Å²) in [4.78, 5) is 45.1. The van der Waals surface area contributed by atoms with Crippen molar-refractivity contribution < 1.29 is 29.0 Å². The quantitative estimate of drug-likeness (QED) is 0.178. The fourth-order valence-electron chi connectivity index (χ4n) is 9.33. The number of amides is 2. The van der Waals surface area contributed by atoms with Crippen LogP contribution in [-0.2, 0) is 4.79 Å². The van der Waals surface area contributed by atoms with Gasteiger partial charge in [-0.05, 0) is 119 Å². The Balaban J connectivity index is 0.00000464. The lowest BCUT2D eigenvalue weighted by Crippen LogP contribution is -2.70. The number of carboxylic acids is 1. The first-order chi connectivity index (χ1) is 24.5. The molecule has 0 saturated heterocycles. The molecular weight excluding hydrogens is 682 g/mol. The summed E-state index contributed by atoms with van der Waals surface area (Å²) in [5.41, 5.74) is 1.06. The molecular formula is C40H48ClN5O6. The van der Waals surface area contributed by atoms with E-state index in [2.05, 4.69) is 10.2 Å². The van der Waals surface area contributed by atoms with Gasteiger partial charge in [0, 0.05) is 24.5 Å². The molecule has 0 unspecified atom stereocenters.